The average Bonchev–Trinajstić information content (AvgIpc) is 3.12. The van der Waals surface area contributed by atoms with Crippen molar-refractivity contribution < 1.29 is 4.79 Å². The van der Waals surface area contributed by atoms with Crippen LogP contribution in [0.4, 0.5) is 5.82 Å². The fourth-order valence-corrected chi connectivity index (χ4v) is 1.88. The summed E-state index contributed by atoms with van der Waals surface area (Å²) >= 11 is 5.87. The summed E-state index contributed by atoms with van der Waals surface area (Å²) in [5, 5.41) is 0.332. The molecule has 1 heterocycles. The second-order valence-electron chi connectivity index (χ2n) is 4.38. The molecule has 5 heteroatoms. The number of nitrogens with zero attached hydrogens (tertiary/aromatic N) is 2. The van der Waals surface area contributed by atoms with Gasteiger partial charge >= 0.3 is 0 Å². The van der Waals surface area contributed by atoms with E-state index < -0.39 is 0 Å². The summed E-state index contributed by atoms with van der Waals surface area (Å²) in [6.45, 7) is 3.52. The van der Waals surface area contributed by atoms with Gasteiger partial charge in [-0.25, -0.2) is 4.98 Å². The largest absolute Gasteiger partial charge is 0.382 e. The van der Waals surface area contributed by atoms with Gasteiger partial charge in [-0.05, 0) is 31.7 Å². The van der Waals surface area contributed by atoms with Crippen molar-refractivity contribution in [2.75, 3.05) is 18.8 Å². The normalized spacial score (nSPS) is 14.7. The van der Waals surface area contributed by atoms with Crippen molar-refractivity contribution in [3.05, 3.63) is 22.8 Å². The minimum Gasteiger partial charge on any atom is -0.382 e. The van der Waals surface area contributed by atoms with Crippen LogP contribution < -0.4 is 5.73 Å². The van der Waals surface area contributed by atoms with Gasteiger partial charge in [0, 0.05) is 19.3 Å². The first kappa shape index (κ1) is 12.2. The zero-order chi connectivity index (χ0) is 12.4. The van der Waals surface area contributed by atoms with Crippen molar-refractivity contribution in [3.8, 4) is 0 Å². The van der Waals surface area contributed by atoms with E-state index in [0.717, 1.165) is 6.54 Å². The van der Waals surface area contributed by atoms with E-state index in [-0.39, 0.29) is 11.7 Å². The van der Waals surface area contributed by atoms with E-state index in [4.69, 9.17) is 17.3 Å². The molecular formula is C12H16ClN3O. The van der Waals surface area contributed by atoms with Crippen molar-refractivity contribution in [1.29, 1.82) is 0 Å². The van der Waals surface area contributed by atoms with Crippen molar-refractivity contribution in [1.82, 2.24) is 9.88 Å². The lowest BCUT2D eigenvalue weighted by Crippen LogP contribution is -2.32. The number of nitrogen functional groups attached to an aromatic ring is 1. The van der Waals surface area contributed by atoms with Gasteiger partial charge in [-0.1, -0.05) is 11.6 Å². The smallest absolute Gasteiger partial charge is 0.255 e. The van der Waals surface area contributed by atoms with Crippen molar-refractivity contribution in [2.45, 2.75) is 19.8 Å². The summed E-state index contributed by atoms with van der Waals surface area (Å²) in [4.78, 5) is 17.9. The lowest BCUT2D eigenvalue weighted by atomic mass is 10.2. The van der Waals surface area contributed by atoms with Crippen LogP contribution >= 0.6 is 11.6 Å². The zero-order valence-corrected chi connectivity index (χ0v) is 10.6. The second-order valence-corrected chi connectivity index (χ2v) is 4.79. The monoisotopic (exact) mass is 253 g/mol. The molecule has 4 nitrogen and oxygen atoms in total. The quantitative estimate of drug-likeness (QED) is 0.895. The van der Waals surface area contributed by atoms with Crippen molar-refractivity contribution >= 4 is 23.3 Å². The molecule has 1 aliphatic rings. The summed E-state index contributed by atoms with van der Waals surface area (Å²) in [5.74, 6) is 0.915. The molecule has 2 N–H and O–H groups in total. The van der Waals surface area contributed by atoms with Gasteiger partial charge in [0.1, 0.15) is 5.82 Å². The van der Waals surface area contributed by atoms with Gasteiger partial charge < -0.3 is 10.6 Å². The first-order valence-corrected chi connectivity index (χ1v) is 6.20. The number of carbonyl (C=O) groups is 1. The lowest BCUT2D eigenvalue weighted by molar-refractivity contribution is 0.0756. The van der Waals surface area contributed by atoms with Gasteiger partial charge in [0.25, 0.3) is 5.91 Å². The minimum atomic E-state index is -0.0196. The highest BCUT2D eigenvalue weighted by Gasteiger charge is 2.26. The van der Waals surface area contributed by atoms with Gasteiger partial charge in [0.05, 0.1) is 10.6 Å². The Morgan fingerprint density at radius 1 is 1.65 bits per heavy atom. The van der Waals surface area contributed by atoms with Gasteiger partial charge in [-0.2, -0.15) is 0 Å². The highest BCUT2D eigenvalue weighted by molar-refractivity contribution is 6.33. The number of carbonyl (C=O) groups excluding carboxylic acids is 1. The highest BCUT2D eigenvalue weighted by atomic mass is 35.5. The second kappa shape index (κ2) is 4.92. The summed E-state index contributed by atoms with van der Waals surface area (Å²) < 4.78 is 0. The van der Waals surface area contributed by atoms with Gasteiger partial charge in [-0.15, -0.1) is 0 Å². The SMILES string of the molecule is CCN(CC1CC1)C(=O)c1cnc(N)c(Cl)c1. The van der Waals surface area contributed by atoms with E-state index in [0.29, 0.717) is 23.0 Å². The number of nitrogens with two attached hydrogens (primary N) is 1. The first-order chi connectivity index (χ1) is 8.11. The zero-order valence-electron chi connectivity index (χ0n) is 9.82. The molecule has 0 aromatic carbocycles. The molecule has 0 spiro atoms. The van der Waals surface area contributed by atoms with Crippen LogP contribution in [0.2, 0.25) is 5.02 Å². The Bertz CT molecular complexity index is 432. The highest BCUT2D eigenvalue weighted by Crippen LogP contribution is 2.30. The molecule has 1 aliphatic carbocycles. The maximum atomic E-state index is 12.2. The summed E-state index contributed by atoms with van der Waals surface area (Å²) in [7, 11) is 0. The number of pyridine rings is 1. The minimum absolute atomic E-state index is 0.0196. The Morgan fingerprint density at radius 3 is 2.88 bits per heavy atom. The van der Waals surface area contributed by atoms with Gasteiger partial charge in [0.15, 0.2) is 0 Å². The van der Waals surface area contributed by atoms with E-state index in [9.17, 15) is 4.79 Å². The van der Waals surface area contributed by atoms with Crippen LogP contribution in [-0.2, 0) is 0 Å². The molecule has 0 bridgehead atoms. The Kier molecular flexibility index (Phi) is 3.52. The third kappa shape index (κ3) is 2.88. The predicted octanol–water partition coefficient (Wildman–Crippen LogP) is 2.19. The van der Waals surface area contributed by atoms with Crippen LogP contribution in [0.25, 0.3) is 0 Å². The lowest BCUT2D eigenvalue weighted by Gasteiger charge is -2.20. The molecule has 0 atom stereocenters. The number of halogens is 1. The van der Waals surface area contributed by atoms with E-state index in [1.54, 1.807) is 6.07 Å². The molecule has 1 amide bonds. The summed E-state index contributed by atoms with van der Waals surface area (Å²) in [5.41, 5.74) is 6.03. The third-order valence-corrected chi connectivity index (χ3v) is 3.26. The number of hydrogen-bond acceptors (Lipinski definition) is 3. The van der Waals surface area contributed by atoms with E-state index in [2.05, 4.69) is 4.98 Å². The fourth-order valence-electron chi connectivity index (χ4n) is 1.72. The molecule has 92 valence electrons. The standard InChI is InChI=1S/C12H16ClN3O/c1-2-16(7-8-3-4-8)12(17)9-5-10(13)11(14)15-6-9/h5-6,8H,2-4,7H2,1H3,(H2,14,15). The first-order valence-electron chi connectivity index (χ1n) is 5.82. The van der Waals surface area contributed by atoms with Gasteiger partial charge in [-0.3, -0.25) is 4.79 Å². The fraction of sp³-hybridized carbons (Fsp3) is 0.500. The molecule has 1 fully saturated rings. The number of aromatic nitrogens is 1. The maximum Gasteiger partial charge on any atom is 0.255 e. The van der Waals surface area contributed by atoms with E-state index in [1.807, 2.05) is 11.8 Å². The predicted molar refractivity (Wildman–Crippen MR) is 68.0 cm³/mol. The average molecular weight is 254 g/mol. The van der Waals surface area contributed by atoms with Crippen LogP contribution in [-0.4, -0.2) is 28.9 Å². The number of rotatable bonds is 4. The van der Waals surface area contributed by atoms with E-state index in [1.165, 1.54) is 19.0 Å². The maximum absolute atomic E-state index is 12.2. The molecule has 0 aliphatic heterocycles. The Morgan fingerprint density at radius 2 is 2.35 bits per heavy atom. The van der Waals surface area contributed by atoms with Crippen LogP contribution in [0.15, 0.2) is 12.3 Å². The topological polar surface area (TPSA) is 59.2 Å². The summed E-state index contributed by atoms with van der Waals surface area (Å²) in [6, 6.07) is 1.59. The molecule has 0 radical (unpaired) electrons. The molecule has 0 unspecified atom stereocenters. The molecular weight excluding hydrogens is 238 g/mol. The van der Waals surface area contributed by atoms with Crippen molar-refractivity contribution in [2.24, 2.45) is 5.92 Å². The number of anilines is 1. The Balaban J connectivity index is 2.12. The van der Waals surface area contributed by atoms with Crippen LogP contribution in [0, 0.1) is 5.92 Å². The number of hydrogen-bond donors (Lipinski definition) is 1. The molecule has 17 heavy (non-hydrogen) atoms. The molecule has 2 rings (SSSR count). The van der Waals surface area contributed by atoms with Crippen LogP contribution in [0.1, 0.15) is 30.1 Å². The van der Waals surface area contributed by atoms with Gasteiger partial charge in [0.2, 0.25) is 0 Å². The molecule has 1 aromatic rings. The molecule has 1 aromatic heterocycles. The van der Waals surface area contributed by atoms with Crippen LogP contribution in [0.5, 0.6) is 0 Å². The van der Waals surface area contributed by atoms with Crippen LogP contribution in [0.3, 0.4) is 0 Å². The molecule has 1 saturated carbocycles. The Labute approximate surface area is 106 Å². The molecule has 0 saturated heterocycles. The summed E-state index contributed by atoms with van der Waals surface area (Å²) in [6.07, 6.45) is 3.94. The number of amides is 1. The van der Waals surface area contributed by atoms with Crippen molar-refractivity contribution in [3.63, 3.8) is 0 Å². The third-order valence-electron chi connectivity index (χ3n) is 2.96. The van der Waals surface area contributed by atoms with E-state index >= 15 is 0 Å². The Hall–Kier alpha value is -1.29.